The third kappa shape index (κ3) is 3.99. The number of rotatable bonds is 5. The molecule has 1 heterocycles. The predicted molar refractivity (Wildman–Crippen MR) is 106 cm³/mol. The maximum atomic E-state index is 11.3. The molecule has 3 N–H and O–H groups in total. The molecule has 2 atom stereocenters. The second-order valence-electron chi connectivity index (χ2n) is 7.63. The highest BCUT2D eigenvalue weighted by Crippen LogP contribution is 2.34. The van der Waals surface area contributed by atoms with E-state index in [1.54, 1.807) is 0 Å². The van der Waals surface area contributed by atoms with Gasteiger partial charge in [0.15, 0.2) is 5.58 Å². The minimum atomic E-state index is -0.497. The highest BCUT2D eigenvalue weighted by atomic mass is 16.4. The molecule has 4 rings (SSSR count). The molecular weight excluding hydrogens is 340 g/mol. The van der Waals surface area contributed by atoms with Crippen LogP contribution < -0.4 is 11.1 Å². The first kappa shape index (κ1) is 18.0. The third-order valence-corrected chi connectivity index (χ3v) is 5.76. The van der Waals surface area contributed by atoms with Crippen LogP contribution in [0, 0.1) is 0 Å². The van der Waals surface area contributed by atoms with Crippen molar-refractivity contribution in [3.8, 4) is 0 Å². The molecule has 0 amide bonds. The van der Waals surface area contributed by atoms with Crippen molar-refractivity contribution in [2.75, 3.05) is 0 Å². The summed E-state index contributed by atoms with van der Waals surface area (Å²) in [5.41, 5.74) is 3.58. The Balaban J connectivity index is 1.34. The van der Waals surface area contributed by atoms with E-state index in [0.717, 1.165) is 36.8 Å². The van der Waals surface area contributed by atoms with E-state index >= 15 is 0 Å². The summed E-state index contributed by atoms with van der Waals surface area (Å²) in [6, 6.07) is 16.3. The fourth-order valence-electron chi connectivity index (χ4n) is 4.21. The molecular formula is C22H26N2O3. The molecule has 1 aliphatic rings. The van der Waals surface area contributed by atoms with Crippen LogP contribution >= 0.6 is 0 Å². The highest BCUT2D eigenvalue weighted by Gasteiger charge is 2.26. The van der Waals surface area contributed by atoms with Gasteiger partial charge >= 0.3 is 5.76 Å². The quantitative estimate of drug-likeness (QED) is 0.641. The lowest BCUT2D eigenvalue weighted by Gasteiger charge is -2.33. The number of hydrogen-bond acceptors (Lipinski definition) is 4. The predicted octanol–water partition coefficient (Wildman–Crippen LogP) is 3.86. The molecule has 0 unspecified atom stereocenters. The number of hydrogen-bond donors (Lipinski definition) is 3. The number of oxazole rings is 1. The van der Waals surface area contributed by atoms with Gasteiger partial charge < -0.3 is 14.8 Å². The molecule has 1 aromatic heterocycles. The molecule has 0 aliphatic heterocycles. The van der Waals surface area contributed by atoms with Crippen LogP contribution in [0.1, 0.15) is 55.8 Å². The van der Waals surface area contributed by atoms with Crippen molar-refractivity contribution < 1.29 is 9.52 Å². The van der Waals surface area contributed by atoms with Gasteiger partial charge in [-0.05, 0) is 61.8 Å². The maximum absolute atomic E-state index is 11.3. The number of nitrogens with one attached hydrogen (secondary N) is 2. The molecule has 1 aliphatic carbocycles. The van der Waals surface area contributed by atoms with Crippen molar-refractivity contribution in [1.82, 2.24) is 10.3 Å². The van der Waals surface area contributed by atoms with E-state index in [9.17, 15) is 9.90 Å². The minimum absolute atomic E-state index is 0.0134. The zero-order chi connectivity index (χ0) is 18.8. The van der Waals surface area contributed by atoms with Gasteiger partial charge in [0, 0.05) is 12.1 Å². The molecule has 142 valence electrons. The Bertz CT molecular complexity index is 939. The van der Waals surface area contributed by atoms with Crippen LogP contribution in [0.3, 0.4) is 0 Å². The fourth-order valence-corrected chi connectivity index (χ4v) is 4.21. The second-order valence-corrected chi connectivity index (χ2v) is 7.63. The van der Waals surface area contributed by atoms with Crippen LogP contribution in [-0.2, 0) is 0 Å². The molecule has 3 aromatic rings. The molecule has 1 saturated carbocycles. The third-order valence-electron chi connectivity index (χ3n) is 5.76. The Morgan fingerprint density at radius 2 is 1.85 bits per heavy atom. The zero-order valence-electron chi connectivity index (χ0n) is 15.5. The monoisotopic (exact) mass is 366 g/mol. The number of H-pyrrole nitrogens is 1. The van der Waals surface area contributed by atoms with Gasteiger partial charge in [-0.1, -0.05) is 36.4 Å². The van der Waals surface area contributed by atoms with Gasteiger partial charge in [0.1, 0.15) is 0 Å². The average molecular weight is 366 g/mol. The van der Waals surface area contributed by atoms with Crippen LogP contribution in [0.15, 0.2) is 57.7 Å². The van der Waals surface area contributed by atoms with Gasteiger partial charge in [-0.2, -0.15) is 0 Å². The second kappa shape index (κ2) is 7.71. The van der Waals surface area contributed by atoms with E-state index < -0.39 is 11.9 Å². The first-order chi connectivity index (χ1) is 13.1. The zero-order valence-corrected chi connectivity index (χ0v) is 15.5. The van der Waals surface area contributed by atoms with Gasteiger partial charge in [-0.3, -0.25) is 4.98 Å². The molecule has 1 fully saturated rings. The largest absolute Gasteiger partial charge is 0.417 e. The van der Waals surface area contributed by atoms with Gasteiger partial charge in [-0.15, -0.1) is 0 Å². The number of aliphatic hydroxyl groups excluding tert-OH is 1. The lowest BCUT2D eigenvalue weighted by Crippen LogP contribution is -2.41. The highest BCUT2D eigenvalue weighted by molar-refractivity contribution is 5.72. The number of aromatic nitrogens is 1. The minimum Gasteiger partial charge on any atom is -0.408 e. The maximum Gasteiger partial charge on any atom is 0.417 e. The lowest BCUT2D eigenvalue weighted by atomic mass is 9.81. The average Bonchev–Trinajstić information content (AvgIpc) is 3.07. The van der Waals surface area contributed by atoms with Gasteiger partial charge in [0.2, 0.25) is 0 Å². The van der Waals surface area contributed by atoms with E-state index in [-0.39, 0.29) is 6.04 Å². The molecule has 27 heavy (non-hydrogen) atoms. The summed E-state index contributed by atoms with van der Waals surface area (Å²) in [4.78, 5) is 14.0. The van der Waals surface area contributed by atoms with Gasteiger partial charge in [-0.25, -0.2) is 4.79 Å². The summed E-state index contributed by atoms with van der Waals surface area (Å²) in [6.45, 7) is 2.05. The van der Waals surface area contributed by atoms with Gasteiger partial charge in [0.25, 0.3) is 0 Å². The van der Waals surface area contributed by atoms with E-state index in [4.69, 9.17) is 4.42 Å². The molecule has 0 saturated heterocycles. The summed E-state index contributed by atoms with van der Waals surface area (Å²) < 4.78 is 5.19. The molecule has 5 heteroatoms. The summed E-state index contributed by atoms with van der Waals surface area (Å²) in [6.07, 6.45) is 3.83. The Morgan fingerprint density at radius 3 is 2.59 bits per heavy atom. The topological polar surface area (TPSA) is 78.3 Å². The molecule has 2 aromatic carbocycles. The summed E-state index contributed by atoms with van der Waals surface area (Å²) in [5, 5.41) is 14.2. The van der Waals surface area contributed by atoms with Crippen LogP contribution in [-0.4, -0.2) is 22.2 Å². The Labute approximate surface area is 158 Å². The first-order valence-electron chi connectivity index (χ1n) is 9.72. The number of aliphatic hydroxyl groups is 1. The summed E-state index contributed by atoms with van der Waals surface area (Å²) in [5.74, 6) is 0.0861. The van der Waals surface area contributed by atoms with Crippen molar-refractivity contribution in [3.05, 3.63) is 70.2 Å². The van der Waals surface area contributed by atoms with Crippen LogP contribution in [0.2, 0.25) is 0 Å². The molecule has 0 radical (unpaired) electrons. The normalized spacial score (nSPS) is 22.6. The SMILES string of the molecule is C[C@H](NC1CCC(c2ccc3[nH]c(=O)oc3c2)CC1)[C@H](O)c1ccccc1. The van der Waals surface area contributed by atoms with Crippen LogP contribution in [0.25, 0.3) is 11.1 Å². The molecule has 0 bridgehead atoms. The number of benzene rings is 2. The first-order valence-corrected chi connectivity index (χ1v) is 9.72. The Morgan fingerprint density at radius 1 is 1.11 bits per heavy atom. The van der Waals surface area contributed by atoms with Crippen LogP contribution in [0.5, 0.6) is 0 Å². The Kier molecular flexibility index (Phi) is 5.14. The molecule has 5 nitrogen and oxygen atoms in total. The van der Waals surface area contributed by atoms with Crippen molar-refractivity contribution >= 4 is 11.1 Å². The van der Waals surface area contributed by atoms with Crippen molar-refractivity contribution in [2.45, 2.75) is 56.7 Å². The van der Waals surface area contributed by atoms with E-state index in [0.29, 0.717) is 17.5 Å². The number of fused-ring (bicyclic) bond motifs is 1. The van der Waals surface area contributed by atoms with Gasteiger partial charge in [0.05, 0.1) is 11.6 Å². The molecule has 0 spiro atoms. The van der Waals surface area contributed by atoms with Crippen LogP contribution in [0.4, 0.5) is 0 Å². The van der Waals surface area contributed by atoms with Crippen molar-refractivity contribution in [1.29, 1.82) is 0 Å². The van der Waals surface area contributed by atoms with Crippen molar-refractivity contribution in [3.63, 3.8) is 0 Å². The Hall–Kier alpha value is -2.37. The number of aromatic amines is 1. The standard InChI is InChI=1S/C22H26N2O3/c1-14(21(25)16-5-3-2-4-6-16)23-18-10-7-15(8-11-18)17-9-12-19-20(13-17)27-22(26)24-19/h2-6,9,12-15,18,21,23,25H,7-8,10-11H2,1H3,(H,24,26)/t14-,15?,18?,21-/m0/s1. The van der Waals surface area contributed by atoms with E-state index in [1.165, 1.54) is 5.56 Å². The lowest BCUT2D eigenvalue weighted by molar-refractivity contribution is 0.124. The fraction of sp³-hybridized carbons (Fsp3) is 0.409. The van der Waals surface area contributed by atoms with Crippen molar-refractivity contribution in [2.24, 2.45) is 0 Å². The smallest absolute Gasteiger partial charge is 0.408 e. The van der Waals surface area contributed by atoms with E-state index in [1.807, 2.05) is 49.4 Å². The summed E-state index contributed by atoms with van der Waals surface area (Å²) in [7, 11) is 0. The van der Waals surface area contributed by atoms with E-state index in [2.05, 4.69) is 16.4 Å². The summed E-state index contributed by atoms with van der Waals surface area (Å²) >= 11 is 0.